The fourth-order valence-corrected chi connectivity index (χ4v) is 3.26. The van der Waals surface area contributed by atoms with Crippen molar-refractivity contribution in [2.45, 2.75) is 37.8 Å². The van der Waals surface area contributed by atoms with Gasteiger partial charge in [-0.3, -0.25) is 4.57 Å². The highest BCUT2D eigenvalue weighted by Crippen LogP contribution is 2.21. The number of imidazole rings is 1. The molecule has 1 aromatic heterocycles. The number of nitrogens with zero attached hydrogens (tertiary/aromatic N) is 3. The molecule has 0 amide bonds. The molecule has 0 fully saturated rings. The Labute approximate surface area is 134 Å². The van der Waals surface area contributed by atoms with E-state index in [9.17, 15) is 17.2 Å². The zero-order valence-electron chi connectivity index (χ0n) is 13.1. The predicted molar refractivity (Wildman–Crippen MR) is 82.7 cm³/mol. The van der Waals surface area contributed by atoms with Crippen LogP contribution in [0.3, 0.4) is 0 Å². The molecular formula is C15H19F2N3O2S. The van der Waals surface area contributed by atoms with Gasteiger partial charge in [0.15, 0.2) is 0 Å². The van der Waals surface area contributed by atoms with Gasteiger partial charge in [0, 0.05) is 19.4 Å². The molecule has 126 valence electrons. The van der Waals surface area contributed by atoms with Crippen LogP contribution in [0.2, 0.25) is 0 Å². The van der Waals surface area contributed by atoms with Crippen LogP contribution in [0, 0.1) is 0 Å². The van der Waals surface area contributed by atoms with Crippen LogP contribution >= 0.6 is 0 Å². The largest absolute Gasteiger partial charge is 0.319 e. The lowest BCUT2D eigenvalue weighted by atomic mass is 10.0. The van der Waals surface area contributed by atoms with E-state index < -0.39 is 16.6 Å². The van der Waals surface area contributed by atoms with Gasteiger partial charge in [-0.05, 0) is 23.6 Å². The molecule has 1 heterocycles. The van der Waals surface area contributed by atoms with E-state index in [-0.39, 0.29) is 17.3 Å². The van der Waals surface area contributed by atoms with Crippen molar-refractivity contribution in [1.29, 1.82) is 0 Å². The molecule has 0 N–H and O–H groups in total. The molecule has 0 unspecified atom stereocenters. The van der Waals surface area contributed by atoms with Crippen LogP contribution in [-0.2, 0) is 16.6 Å². The Kier molecular flexibility index (Phi) is 5.16. The van der Waals surface area contributed by atoms with E-state index in [0.29, 0.717) is 10.5 Å². The Hall–Kier alpha value is -1.80. The number of hydrogen-bond donors (Lipinski definition) is 0. The fraction of sp³-hybridized carbons (Fsp3) is 0.400. The lowest BCUT2D eigenvalue weighted by Crippen LogP contribution is -2.28. The third kappa shape index (κ3) is 3.76. The molecule has 0 bridgehead atoms. The van der Waals surface area contributed by atoms with E-state index in [2.05, 4.69) is 4.98 Å². The summed E-state index contributed by atoms with van der Waals surface area (Å²) >= 11 is 0. The lowest BCUT2D eigenvalue weighted by Gasteiger charge is -2.18. The molecule has 23 heavy (non-hydrogen) atoms. The molecule has 5 nitrogen and oxygen atoms in total. The maximum atomic E-state index is 12.8. The number of alkyl halides is 2. The van der Waals surface area contributed by atoms with Crippen molar-refractivity contribution < 1.29 is 17.2 Å². The summed E-state index contributed by atoms with van der Waals surface area (Å²) in [6, 6.07) is 6.57. The smallest absolute Gasteiger partial charge is 0.277 e. The van der Waals surface area contributed by atoms with E-state index in [1.165, 1.54) is 25.4 Å². The first-order valence-electron chi connectivity index (χ1n) is 7.09. The molecule has 8 heteroatoms. The Balaban J connectivity index is 2.23. The molecule has 0 aliphatic heterocycles. The third-order valence-electron chi connectivity index (χ3n) is 3.58. The van der Waals surface area contributed by atoms with Crippen molar-refractivity contribution >= 4 is 10.0 Å². The van der Waals surface area contributed by atoms with Gasteiger partial charge in [-0.2, -0.15) is 13.1 Å². The summed E-state index contributed by atoms with van der Waals surface area (Å²) in [6.07, 6.45) is 2.34. The summed E-state index contributed by atoms with van der Waals surface area (Å²) in [5, 5.41) is 0. The molecule has 0 saturated heterocycles. The zero-order valence-corrected chi connectivity index (χ0v) is 14.0. The van der Waals surface area contributed by atoms with Crippen LogP contribution in [0.15, 0.2) is 41.6 Å². The molecule has 0 saturated carbocycles. The molecule has 0 spiro atoms. The van der Waals surface area contributed by atoms with Gasteiger partial charge in [0.1, 0.15) is 5.82 Å². The number of hydrogen-bond acceptors (Lipinski definition) is 3. The van der Waals surface area contributed by atoms with Gasteiger partial charge in [0.2, 0.25) is 10.0 Å². The normalized spacial score (nSPS) is 12.5. The number of benzene rings is 1. The fourth-order valence-electron chi connectivity index (χ4n) is 2.13. The average Bonchev–Trinajstić information content (AvgIpc) is 2.95. The minimum Gasteiger partial charge on any atom is -0.277 e. The van der Waals surface area contributed by atoms with Gasteiger partial charge >= 0.3 is 6.55 Å². The van der Waals surface area contributed by atoms with Crippen LogP contribution in [0.1, 0.15) is 37.7 Å². The average molecular weight is 343 g/mol. The first-order chi connectivity index (χ1) is 10.7. The number of sulfonamides is 1. The standard InChI is InChI=1S/C15H19F2N3O2S/c1-11(2)12-4-6-13(7-5-12)23(21,22)19(3)10-14-18-8-9-20(14)15(16)17/h4-9,11,15H,10H2,1-3H3. The van der Waals surface area contributed by atoms with E-state index in [1.54, 1.807) is 12.1 Å². The Morgan fingerprint density at radius 2 is 1.83 bits per heavy atom. The van der Waals surface area contributed by atoms with Crippen LogP contribution in [0.5, 0.6) is 0 Å². The van der Waals surface area contributed by atoms with Crippen molar-refractivity contribution in [2.75, 3.05) is 7.05 Å². The summed E-state index contributed by atoms with van der Waals surface area (Å²) < 4.78 is 52.3. The molecule has 0 aliphatic carbocycles. The first-order valence-corrected chi connectivity index (χ1v) is 8.53. The topological polar surface area (TPSA) is 55.2 Å². The molecular weight excluding hydrogens is 324 g/mol. The number of rotatable bonds is 6. The van der Waals surface area contributed by atoms with Crippen molar-refractivity contribution in [2.24, 2.45) is 0 Å². The highest BCUT2D eigenvalue weighted by atomic mass is 32.2. The monoisotopic (exact) mass is 343 g/mol. The molecule has 0 atom stereocenters. The number of aromatic nitrogens is 2. The van der Waals surface area contributed by atoms with Gasteiger partial charge in [-0.25, -0.2) is 13.4 Å². The number of halogens is 2. The highest BCUT2D eigenvalue weighted by Gasteiger charge is 2.23. The lowest BCUT2D eigenvalue weighted by molar-refractivity contribution is 0.0658. The van der Waals surface area contributed by atoms with E-state index in [1.807, 2.05) is 13.8 Å². The Bertz CT molecular complexity index is 755. The van der Waals surface area contributed by atoms with Crippen LogP contribution in [-0.4, -0.2) is 29.3 Å². The zero-order chi connectivity index (χ0) is 17.2. The molecule has 0 radical (unpaired) electrons. The first kappa shape index (κ1) is 17.6. The second-order valence-electron chi connectivity index (χ2n) is 5.51. The summed E-state index contributed by atoms with van der Waals surface area (Å²) in [5.41, 5.74) is 1.03. The Morgan fingerprint density at radius 1 is 1.22 bits per heavy atom. The summed E-state index contributed by atoms with van der Waals surface area (Å²) in [6.45, 7) is 1.04. The second-order valence-corrected chi connectivity index (χ2v) is 7.56. The van der Waals surface area contributed by atoms with E-state index >= 15 is 0 Å². The highest BCUT2D eigenvalue weighted by molar-refractivity contribution is 7.89. The molecule has 0 aliphatic rings. The SMILES string of the molecule is CC(C)c1ccc(S(=O)(=O)N(C)Cc2nccn2C(F)F)cc1. The minimum absolute atomic E-state index is 0.00937. The molecule has 1 aromatic carbocycles. The van der Waals surface area contributed by atoms with Crippen molar-refractivity contribution in [3.63, 3.8) is 0 Å². The van der Waals surface area contributed by atoms with Crippen LogP contribution < -0.4 is 0 Å². The predicted octanol–water partition coefficient (Wildman–Crippen LogP) is 3.22. The summed E-state index contributed by atoms with van der Waals surface area (Å²) in [7, 11) is -2.42. The van der Waals surface area contributed by atoms with Gasteiger partial charge < -0.3 is 0 Å². The van der Waals surface area contributed by atoms with Gasteiger partial charge in [-0.15, -0.1) is 0 Å². The summed E-state index contributed by atoms with van der Waals surface area (Å²) in [4.78, 5) is 3.92. The molecule has 2 aromatic rings. The van der Waals surface area contributed by atoms with Gasteiger partial charge in [-0.1, -0.05) is 26.0 Å². The second kappa shape index (κ2) is 6.76. The van der Waals surface area contributed by atoms with E-state index in [0.717, 1.165) is 16.1 Å². The minimum atomic E-state index is -3.76. The van der Waals surface area contributed by atoms with Crippen molar-refractivity contribution in [1.82, 2.24) is 13.9 Å². The van der Waals surface area contributed by atoms with Gasteiger partial charge in [0.05, 0.1) is 11.4 Å². The Morgan fingerprint density at radius 3 is 2.35 bits per heavy atom. The third-order valence-corrected chi connectivity index (χ3v) is 5.40. The van der Waals surface area contributed by atoms with Crippen LogP contribution in [0.25, 0.3) is 0 Å². The quantitative estimate of drug-likeness (QED) is 0.809. The van der Waals surface area contributed by atoms with Crippen molar-refractivity contribution in [3.8, 4) is 0 Å². The summed E-state index contributed by atoms with van der Waals surface area (Å²) in [5.74, 6) is 0.285. The maximum Gasteiger partial charge on any atom is 0.319 e. The molecule has 2 rings (SSSR count). The van der Waals surface area contributed by atoms with Crippen molar-refractivity contribution in [3.05, 3.63) is 48.0 Å². The van der Waals surface area contributed by atoms with Gasteiger partial charge in [0.25, 0.3) is 0 Å². The van der Waals surface area contributed by atoms with E-state index in [4.69, 9.17) is 0 Å². The maximum absolute atomic E-state index is 12.8. The van der Waals surface area contributed by atoms with Crippen LogP contribution in [0.4, 0.5) is 8.78 Å².